The maximum Gasteiger partial charge on any atom is 0.321 e. The molecule has 1 saturated heterocycles. The van der Waals surface area contributed by atoms with E-state index in [1.54, 1.807) is 6.20 Å². The molecule has 3 aromatic rings. The average Bonchev–Trinajstić information content (AvgIpc) is 3.29. The molecule has 33 heavy (non-hydrogen) atoms. The van der Waals surface area contributed by atoms with Gasteiger partial charge in [0.1, 0.15) is 17.3 Å². The Morgan fingerprint density at radius 2 is 2.09 bits per heavy atom. The van der Waals surface area contributed by atoms with Crippen LogP contribution in [0.1, 0.15) is 18.4 Å². The van der Waals surface area contributed by atoms with Gasteiger partial charge in [-0.2, -0.15) is 0 Å². The number of fused-ring (bicyclic) bond motifs is 1. The highest BCUT2D eigenvalue weighted by Gasteiger charge is 2.25. The number of urea groups is 1. The van der Waals surface area contributed by atoms with E-state index in [1.807, 2.05) is 53.6 Å². The number of anilines is 1. The first-order valence-electron chi connectivity index (χ1n) is 11.1. The van der Waals surface area contributed by atoms with Gasteiger partial charge in [-0.05, 0) is 43.0 Å². The third-order valence-electron chi connectivity index (χ3n) is 6.00. The van der Waals surface area contributed by atoms with Gasteiger partial charge < -0.3 is 25.8 Å². The van der Waals surface area contributed by atoms with E-state index in [4.69, 9.17) is 0 Å². The number of aromatic amines is 1. The van der Waals surface area contributed by atoms with Gasteiger partial charge in [0.15, 0.2) is 5.83 Å². The van der Waals surface area contributed by atoms with Crippen molar-refractivity contribution in [3.05, 3.63) is 72.1 Å². The van der Waals surface area contributed by atoms with Gasteiger partial charge in [0.05, 0.1) is 6.54 Å². The molecule has 2 aromatic heterocycles. The van der Waals surface area contributed by atoms with Crippen LogP contribution in [-0.4, -0.2) is 52.9 Å². The molecule has 8 nitrogen and oxygen atoms in total. The smallest absolute Gasteiger partial charge is 0.321 e. The summed E-state index contributed by atoms with van der Waals surface area (Å²) >= 11 is 0. The summed E-state index contributed by atoms with van der Waals surface area (Å²) < 4.78 is 14.5. The zero-order chi connectivity index (χ0) is 22.6. The van der Waals surface area contributed by atoms with Crippen LogP contribution in [0.2, 0.25) is 0 Å². The fraction of sp³-hybridized carbons (Fsp3) is 0.292. The second-order valence-corrected chi connectivity index (χ2v) is 8.30. The molecule has 4 heterocycles. The van der Waals surface area contributed by atoms with E-state index >= 15 is 0 Å². The summed E-state index contributed by atoms with van der Waals surface area (Å²) in [5, 5.41) is 10.2. The predicted octanol–water partition coefficient (Wildman–Crippen LogP) is 3.59. The van der Waals surface area contributed by atoms with Crippen molar-refractivity contribution >= 4 is 28.6 Å². The van der Waals surface area contributed by atoms with Crippen molar-refractivity contribution in [3.63, 3.8) is 0 Å². The number of rotatable bonds is 5. The average molecular weight is 448 g/mol. The molecule has 170 valence electrons. The van der Waals surface area contributed by atoms with E-state index in [1.165, 1.54) is 0 Å². The molecule has 1 fully saturated rings. The van der Waals surface area contributed by atoms with E-state index in [0.29, 0.717) is 24.7 Å². The normalized spacial score (nSPS) is 18.6. The third kappa shape index (κ3) is 4.67. The van der Waals surface area contributed by atoms with Crippen LogP contribution in [0.15, 0.2) is 71.5 Å². The predicted molar refractivity (Wildman–Crippen MR) is 127 cm³/mol. The Morgan fingerprint density at radius 1 is 1.21 bits per heavy atom. The quantitative estimate of drug-likeness (QED) is 0.481. The minimum absolute atomic E-state index is 0.0200. The first-order valence-corrected chi connectivity index (χ1v) is 11.1. The molecule has 0 aliphatic carbocycles. The lowest BCUT2D eigenvalue weighted by molar-refractivity contribution is 0.177. The molecule has 5 rings (SSSR count). The summed E-state index contributed by atoms with van der Waals surface area (Å²) in [6.07, 6.45) is 5.44. The number of nitrogens with one attached hydrogen (secondary N) is 4. The van der Waals surface area contributed by atoms with Gasteiger partial charge in [0, 0.05) is 48.7 Å². The first-order chi connectivity index (χ1) is 16.2. The lowest BCUT2D eigenvalue weighted by Crippen LogP contribution is -2.46. The highest BCUT2D eigenvalue weighted by atomic mass is 19.1. The molecule has 0 bridgehead atoms. The second kappa shape index (κ2) is 9.32. The highest BCUT2D eigenvalue weighted by molar-refractivity contribution is 6.09. The molecule has 0 spiro atoms. The van der Waals surface area contributed by atoms with E-state index in [9.17, 15) is 9.18 Å². The third-order valence-corrected chi connectivity index (χ3v) is 6.00. The number of likely N-dealkylation sites (tertiary alicyclic amines) is 1. The fourth-order valence-corrected chi connectivity index (χ4v) is 4.28. The number of aliphatic imine (C=N–C) groups is 1. The number of carbonyl (C=O) groups excluding carboxylic acids is 1. The van der Waals surface area contributed by atoms with Crippen LogP contribution in [0.4, 0.5) is 14.9 Å². The molecule has 2 amide bonds. The van der Waals surface area contributed by atoms with Crippen molar-refractivity contribution < 1.29 is 9.18 Å². The number of H-pyrrole nitrogens is 1. The zero-order valence-electron chi connectivity index (χ0n) is 18.1. The first kappa shape index (κ1) is 21.0. The Hall–Kier alpha value is -3.88. The molecule has 9 heteroatoms. The number of hydrogen-bond donors (Lipinski definition) is 4. The number of amides is 2. The van der Waals surface area contributed by atoms with E-state index < -0.39 is 0 Å². The topological polar surface area (TPSA) is 97.4 Å². The number of nitrogens with zero attached hydrogens (tertiary/aromatic N) is 3. The molecular formula is C24H26FN7O. The molecule has 0 radical (unpaired) electrons. The lowest BCUT2D eigenvalue weighted by atomic mass is 9.98. The molecule has 1 aromatic carbocycles. The summed E-state index contributed by atoms with van der Waals surface area (Å²) in [6.45, 7) is 1.88. The van der Waals surface area contributed by atoms with Crippen LogP contribution in [0.3, 0.4) is 0 Å². The van der Waals surface area contributed by atoms with Crippen molar-refractivity contribution in [2.24, 2.45) is 10.9 Å². The number of piperidine rings is 1. The van der Waals surface area contributed by atoms with Gasteiger partial charge in [-0.15, -0.1) is 0 Å². The van der Waals surface area contributed by atoms with Gasteiger partial charge in [-0.25, -0.2) is 14.2 Å². The maximum absolute atomic E-state index is 14.5. The van der Waals surface area contributed by atoms with Crippen molar-refractivity contribution in [2.75, 3.05) is 31.5 Å². The SMILES string of the molecule is O=C(Nc1ccccc1)N1CCC[C@H](CNC2=C(F)CN=C(c3c[nH]c4ncccc34)N2)C1. The number of hydrogen-bond acceptors (Lipinski definition) is 5. The minimum Gasteiger partial charge on any atom is -0.369 e. The number of benzene rings is 1. The van der Waals surface area contributed by atoms with Crippen molar-refractivity contribution in [3.8, 4) is 0 Å². The Labute approximate surface area is 191 Å². The molecule has 2 aliphatic heterocycles. The van der Waals surface area contributed by atoms with Crippen molar-refractivity contribution in [1.82, 2.24) is 25.5 Å². The van der Waals surface area contributed by atoms with Gasteiger partial charge >= 0.3 is 6.03 Å². The Kier molecular flexibility index (Phi) is 5.93. The van der Waals surface area contributed by atoms with Gasteiger partial charge in [0.2, 0.25) is 0 Å². The Balaban J connectivity index is 1.18. The van der Waals surface area contributed by atoms with Crippen LogP contribution >= 0.6 is 0 Å². The second-order valence-electron chi connectivity index (χ2n) is 8.30. The number of pyridine rings is 1. The van der Waals surface area contributed by atoms with Crippen LogP contribution in [-0.2, 0) is 0 Å². The largest absolute Gasteiger partial charge is 0.369 e. The lowest BCUT2D eigenvalue weighted by Gasteiger charge is -2.33. The molecular weight excluding hydrogens is 421 g/mol. The van der Waals surface area contributed by atoms with Crippen molar-refractivity contribution in [2.45, 2.75) is 12.8 Å². The Morgan fingerprint density at radius 3 is 2.97 bits per heavy atom. The van der Waals surface area contributed by atoms with E-state index in [-0.39, 0.29) is 24.3 Å². The van der Waals surface area contributed by atoms with Crippen molar-refractivity contribution in [1.29, 1.82) is 0 Å². The summed E-state index contributed by atoms with van der Waals surface area (Å²) in [5.74, 6) is 0.836. The monoisotopic (exact) mass is 447 g/mol. The van der Waals surface area contributed by atoms with E-state index in [0.717, 1.165) is 41.7 Å². The standard InChI is InChI=1S/C24H26FN7O/c25-20-14-29-22(19-13-28-21-18(19)9-4-10-26-21)31-23(20)27-12-16-6-5-11-32(15-16)24(33)30-17-7-2-1-3-8-17/h1-4,7-10,13,16,27H,5-6,11-12,14-15H2,(H,26,28)(H,29,31)(H,30,33)/t16-/m1/s1. The molecule has 2 aliphatic rings. The fourth-order valence-electron chi connectivity index (χ4n) is 4.28. The number of halogens is 1. The number of amidine groups is 1. The van der Waals surface area contributed by atoms with Gasteiger partial charge in [-0.3, -0.25) is 4.99 Å². The molecule has 4 N–H and O–H groups in total. The minimum atomic E-state index is -0.328. The summed E-state index contributed by atoms with van der Waals surface area (Å²) in [7, 11) is 0. The van der Waals surface area contributed by atoms with Crippen LogP contribution in [0, 0.1) is 5.92 Å². The van der Waals surface area contributed by atoms with E-state index in [2.05, 4.69) is 30.9 Å². The number of aromatic nitrogens is 2. The number of para-hydroxylation sites is 1. The Bertz CT molecular complexity index is 1200. The highest BCUT2D eigenvalue weighted by Crippen LogP contribution is 2.21. The molecule has 1 atom stereocenters. The zero-order valence-corrected chi connectivity index (χ0v) is 18.1. The van der Waals surface area contributed by atoms with Crippen LogP contribution in [0.5, 0.6) is 0 Å². The van der Waals surface area contributed by atoms with Gasteiger partial charge in [0.25, 0.3) is 0 Å². The summed E-state index contributed by atoms with van der Waals surface area (Å²) in [4.78, 5) is 26.2. The summed E-state index contributed by atoms with van der Waals surface area (Å²) in [5.41, 5.74) is 2.39. The van der Waals surface area contributed by atoms with Gasteiger partial charge in [-0.1, -0.05) is 18.2 Å². The maximum atomic E-state index is 14.5. The van der Waals surface area contributed by atoms with Crippen LogP contribution in [0.25, 0.3) is 11.0 Å². The summed E-state index contributed by atoms with van der Waals surface area (Å²) in [6, 6.07) is 13.1. The van der Waals surface area contributed by atoms with Crippen LogP contribution < -0.4 is 16.0 Å². The number of carbonyl (C=O) groups is 1. The molecule has 0 unspecified atom stereocenters. The molecule has 0 saturated carbocycles.